The van der Waals surface area contributed by atoms with E-state index in [0.29, 0.717) is 19.4 Å². The molecule has 174 valence electrons. The summed E-state index contributed by atoms with van der Waals surface area (Å²) in [4.78, 5) is 33.9. The molecule has 1 unspecified atom stereocenters. The van der Waals surface area contributed by atoms with Gasteiger partial charge < -0.3 is 65.6 Å². The predicted octanol–water partition coefficient (Wildman–Crippen LogP) is -6.46. The molecule has 2 atom stereocenters. The monoisotopic (exact) mass is 443 g/mol. The first-order valence-corrected chi connectivity index (χ1v) is 7.55. The third-order valence-electron chi connectivity index (χ3n) is 2.12. The quantitative estimate of drug-likeness (QED) is 0.0944. The molecule has 16 nitrogen and oxygen atoms in total. The smallest absolute Gasteiger partial charge is 0.321 e. The summed E-state index contributed by atoms with van der Waals surface area (Å²) in [7, 11) is 0. The molecular formula is C11H33N5O11S. The molecule has 0 bridgehead atoms. The van der Waals surface area contributed by atoms with Gasteiger partial charge in [-0.2, -0.15) is 0 Å². The molecule has 0 aromatic heterocycles. The maximum atomic E-state index is 10.2. The van der Waals surface area contributed by atoms with Crippen LogP contribution in [-0.4, -0.2) is 96.7 Å². The van der Waals surface area contributed by atoms with Crippen LogP contribution in [0.1, 0.15) is 12.8 Å². The van der Waals surface area contributed by atoms with Gasteiger partial charge in [-0.3, -0.25) is 19.4 Å². The first-order valence-electron chi connectivity index (χ1n) is 6.39. The zero-order valence-electron chi connectivity index (χ0n) is 14.9. The number of thioether (sulfide) groups is 1. The van der Waals surface area contributed by atoms with Crippen LogP contribution in [0.15, 0.2) is 4.99 Å². The fourth-order valence-corrected chi connectivity index (χ4v) is 1.68. The molecule has 21 N–H and O–H groups in total. The summed E-state index contributed by atoms with van der Waals surface area (Å²) in [5.74, 6) is -3.04. The van der Waals surface area contributed by atoms with Crippen LogP contribution in [0.5, 0.6) is 0 Å². The summed E-state index contributed by atoms with van der Waals surface area (Å²) < 4.78 is 0. The average Bonchev–Trinajstić information content (AvgIpc) is 2.43. The molecule has 28 heavy (non-hydrogen) atoms. The normalized spacial score (nSPS) is 10.1. The second-order valence-corrected chi connectivity index (χ2v) is 5.28. The Morgan fingerprint density at radius 3 is 1.61 bits per heavy atom. The topological polar surface area (TPSA) is 386 Å². The van der Waals surface area contributed by atoms with Crippen LogP contribution in [0, 0.1) is 0 Å². The zero-order valence-corrected chi connectivity index (χ0v) is 15.7. The van der Waals surface area contributed by atoms with E-state index in [2.05, 4.69) is 4.99 Å². The highest BCUT2D eigenvalue weighted by Gasteiger charge is 2.11. The lowest BCUT2D eigenvalue weighted by molar-refractivity contribution is -0.139. The van der Waals surface area contributed by atoms with Gasteiger partial charge in [-0.25, -0.2) is 0 Å². The number of nitrogens with two attached hydrogens (primary N) is 4. The zero-order chi connectivity index (χ0) is 18.4. The van der Waals surface area contributed by atoms with E-state index in [4.69, 9.17) is 38.3 Å². The number of rotatable bonds is 10. The summed E-state index contributed by atoms with van der Waals surface area (Å²) in [6.07, 6.45) is 0.956. The number of hydrogen-bond acceptors (Lipinski definition) is 7. The second kappa shape index (κ2) is 27.0. The summed E-state index contributed by atoms with van der Waals surface area (Å²) >= 11 is 0.992. The van der Waals surface area contributed by atoms with E-state index in [1.807, 2.05) is 0 Å². The van der Waals surface area contributed by atoms with Crippen molar-refractivity contribution in [3.05, 3.63) is 0 Å². The van der Waals surface area contributed by atoms with Crippen LogP contribution in [0.3, 0.4) is 0 Å². The van der Waals surface area contributed by atoms with Crippen molar-refractivity contribution >= 4 is 35.6 Å². The van der Waals surface area contributed by atoms with Crippen molar-refractivity contribution in [2.24, 2.45) is 27.9 Å². The number of hydrogen-bond donors (Lipinski definition) is 7. The van der Waals surface area contributed by atoms with Gasteiger partial charge in [-0.1, -0.05) is 0 Å². The molecule has 0 heterocycles. The SMILES string of the molecule is NC(N)=NCCCC(N)C(=O)O.N[C@@H](CSCC(=O)O)C(=O)O.O.O.O.O.O. The number of aliphatic imine (C=N–C) groups is 1. The molecular weight excluding hydrogens is 410 g/mol. The van der Waals surface area contributed by atoms with E-state index in [1.54, 1.807) is 0 Å². The minimum Gasteiger partial charge on any atom is -0.481 e. The maximum Gasteiger partial charge on any atom is 0.321 e. The number of carboxylic acid groups (broad SMARTS) is 3. The number of guanidine groups is 1. The molecule has 0 aromatic carbocycles. The highest BCUT2D eigenvalue weighted by molar-refractivity contribution is 8.00. The number of nitrogens with zero attached hydrogens (tertiary/aromatic N) is 1. The van der Waals surface area contributed by atoms with Gasteiger partial charge in [0.05, 0.1) is 5.75 Å². The van der Waals surface area contributed by atoms with Gasteiger partial charge in [0.15, 0.2) is 5.96 Å². The first-order chi connectivity index (χ1) is 10.6. The molecule has 0 radical (unpaired) electrons. The minimum absolute atomic E-state index is 0. The highest BCUT2D eigenvalue weighted by Crippen LogP contribution is 2.00. The fourth-order valence-electron chi connectivity index (χ4n) is 0.987. The summed E-state index contributed by atoms with van der Waals surface area (Å²) in [5.41, 5.74) is 20.4. The number of carboxylic acids is 3. The highest BCUT2D eigenvalue weighted by atomic mass is 32.2. The molecule has 0 fully saturated rings. The van der Waals surface area contributed by atoms with Crippen LogP contribution < -0.4 is 22.9 Å². The van der Waals surface area contributed by atoms with Gasteiger partial charge >= 0.3 is 17.9 Å². The Kier molecular flexibility index (Phi) is 43.2. The van der Waals surface area contributed by atoms with Gasteiger partial charge in [-0.15, -0.1) is 11.8 Å². The third-order valence-corrected chi connectivity index (χ3v) is 3.17. The molecule has 0 rings (SSSR count). The fraction of sp³-hybridized carbons (Fsp3) is 0.636. The summed E-state index contributed by atoms with van der Waals surface area (Å²) in [6, 6.07) is -1.79. The van der Waals surface area contributed by atoms with Crippen LogP contribution in [-0.2, 0) is 14.4 Å². The first kappa shape index (κ1) is 44.9. The molecule has 0 spiro atoms. The van der Waals surface area contributed by atoms with E-state index in [1.165, 1.54) is 0 Å². The molecule has 0 saturated carbocycles. The predicted molar refractivity (Wildman–Crippen MR) is 104 cm³/mol. The van der Waals surface area contributed by atoms with E-state index in [9.17, 15) is 14.4 Å². The minimum atomic E-state index is -1.11. The van der Waals surface area contributed by atoms with Crippen molar-refractivity contribution in [1.29, 1.82) is 0 Å². The van der Waals surface area contributed by atoms with Gasteiger partial charge in [-0.05, 0) is 12.8 Å². The Balaban J connectivity index is -0.0000000536. The number of aliphatic carboxylic acids is 3. The van der Waals surface area contributed by atoms with Crippen molar-refractivity contribution < 1.29 is 57.1 Å². The molecule has 17 heteroatoms. The molecule has 0 aliphatic heterocycles. The third kappa shape index (κ3) is 35.0. The Hall–Kier alpha value is -2.25. The Morgan fingerprint density at radius 1 is 0.857 bits per heavy atom. The summed E-state index contributed by atoms with van der Waals surface area (Å²) in [5, 5.41) is 24.8. The number of carbonyl (C=O) groups is 3. The molecule has 0 amide bonds. The van der Waals surface area contributed by atoms with Crippen molar-refractivity contribution in [3.8, 4) is 0 Å². The molecule has 0 aliphatic carbocycles. The van der Waals surface area contributed by atoms with Crippen molar-refractivity contribution in [1.82, 2.24) is 0 Å². The molecule has 0 aliphatic rings. The average molecular weight is 443 g/mol. The molecule has 0 aromatic rings. The Bertz CT molecular complexity index is 424. The standard InChI is InChI=1S/C6H14N4O2.C5H9NO4S.5H2O/c7-4(5(11)12)2-1-3-10-6(8)9;6-3(5(9)10)1-11-2-4(7)8;;;;;/h4H,1-3,7H2,(H,11,12)(H4,8,9,10);3H,1-2,6H2,(H,7,8)(H,9,10);5*1H2/t;3-;;;;;/m.0...../s1. The Labute approximate surface area is 164 Å². The van der Waals surface area contributed by atoms with Crippen LogP contribution in [0.25, 0.3) is 0 Å². The van der Waals surface area contributed by atoms with Gasteiger partial charge in [0, 0.05) is 12.3 Å². The van der Waals surface area contributed by atoms with Crippen molar-refractivity contribution in [2.45, 2.75) is 24.9 Å². The molecule has 0 saturated heterocycles. The van der Waals surface area contributed by atoms with Crippen molar-refractivity contribution in [2.75, 3.05) is 18.1 Å². The van der Waals surface area contributed by atoms with E-state index in [-0.39, 0.29) is 44.8 Å². The lowest BCUT2D eigenvalue weighted by Gasteiger charge is -2.03. The van der Waals surface area contributed by atoms with E-state index < -0.39 is 30.0 Å². The van der Waals surface area contributed by atoms with E-state index in [0.717, 1.165) is 11.8 Å². The van der Waals surface area contributed by atoms with Gasteiger partial charge in [0.2, 0.25) is 0 Å². The Morgan fingerprint density at radius 2 is 1.29 bits per heavy atom. The van der Waals surface area contributed by atoms with Gasteiger partial charge in [0.25, 0.3) is 0 Å². The second-order valence-electron chi connectivity index (χ2n) is 4.25. The van der Waals surface area contributed by atoms with Crippen LogP contribution in [0.4, 0.5) is 0 Å². The lowest BCUT2D eigenvalue weighted by Crippen LogP contribution is -2.32. The van der Waals surface area contributed by atoms with Crippen LogP contribution >= 0.6 is 11.8 Å². The van der Waals surface area contributed by atoms with Crippen LogP contribution in [0.2, 0.25) is 0 Å². The summed E-state index contributed by atoms with van der Waals surface area (Å²) in [6.45, 7) is 0.420. The van der Waals surface area contributed by atoms with E-state index >= 15 is 0 Å². The van der Waals surface area contributed by atoms with Crippen molar-refractivity contribution in [3.63, 3.8) is 0 Å². The maximum absolute atomic E-state index is 10.2. The van der Waals surface area contributed by atoms with Gasteiger partial charge in [0.1, 0.15) is 12.1 Å². The largest absolute Gasteiger partial charge is 0.481 e. The lowest BCUT2D eigenvalue weighted by atomic mass is 10.2.